The summed E-state index contributed by atoms with van der Waals surface area (Å²) < 4.78 is 11.9. The molecule has 0 aliphatic rings. The van der Waals surface area contributed by atoms with Crippen LogP contribution in [0.1, 0.15) is 11.1 Å². The van der Waals surface area contributed by atoms with Crippen LogP contribution in [0.15, 0.2) is 107 Å². The van der Waals surface area contributed by atoms with Crippen LogP contribution in [0.25, 0.3) is 0 Å². The summed E-state index contributed by atoms with van der Waals surface area (Å²) in [5.41, 5.74) is 2.25. The zero-order valence-corrected chi connectivity index (χ0v) is 17.3. The summed E-state index contributed by atoms with van der Waals surface area (Å²) in [6.07, 6.45) is 0. The van der Waals surface area contributed by atoms with Gasteiger partial charge < -0.3 is 9.47 Å². The van der Waals surface area contributed by atoms with E-state index in [0.29, 0.717) is 0 Å². The quantitative estimate of drug-likeness (QED) is 0.327. The average molecular weight is 399 g/mol. The third-order valence-corrected chi connectivity index (χ3v) is 5.54. The predicted molar refractivity (Wildman–Crippen MR) is 120 cm³/mol. The van der Waals surface area contributed by atoms with E-state index in [1.807, 2.05) is 86.6 Å². The topological polar surface area (TPSA) is 18.5 Å². The first-order valence-corrected chi connectivity index (χ1v) is 10.3. The minimum Gasteiger partial charge on any atom is -0.457 e. The number of aryl methyl sites for hydroxylation is 2. The highest BCUT2D eigenvalue weighted by molar-refractivity contribution is 7.99. The maximum absolute atomic E-state index is 5.97. The van der Waals surface area contributed by atoms with Crippen LogP contribution in [0.4, 0.5) is 0 Å². The first-order chi connectivity index (χ1) is 14.2. The average Bonchev–Trinajstić information content (AvgIpc) is 2.74. The summed E-state index contributed by atoms with van der Waals surface area (Å²) in [5.74, 6) is 3.45. The number of hydrogen-bond donors (Lipinski definition) is 0. The van der Waals surface area contributed by atoms with Gasteiger partial charge in [0.15, 0.2) is 0 Å². The fraction of sp³-hybridized carbons (Fsp3) is 0.0769. The molecule has 0 aliphatic heterocycles. The highest BCUT2D eigenvalue weighted by atomic mass is 32.2. The standard InChI is InChI=1S/C26H22O2S/c1-19-7-3-5-9-25(19)27-21-11-15-23(16-12-21)29-24-17-13-22(14-18-24)28-26-10-6-4-8-20(26)2/h3-18H,1-2H3. The minimum atomic E-state index is 0.839. The zero-order valence-electron chi connectivity index (χ0n) is 16.5. The van der Waals surface area contributed by atoms with Gasteiger partial charge in [-0.2, -0.15) is 0 Å². The molecule has 144 valence electrons. The number of ether oxygens (including phenoxy) is 2. The van der Waals surface area contributed by atoms with E-state index in [4.69, 9.17) is 9.47 Å². The van der Waals surface area contributed by atoms with Crippen molar-refractivity contribution < 1.29 is 9.47 Å². The Morgan fingerprint density at radius 3 is 1.24 bits per heavy atom. The molecule has 0 saturated heterocycles. The van der Waals surface area contributed by atoms with Crippen LogP contribution in [-0.2, 0) is 0 Å². The van der Waals surface area contributed by atoms with Crippen LogP contribution < -0.4 is 9.47 Å². The Morgan fingerprint density at radius 1 is 0.483 bits per heavy atom. The maximum atomic E-state index is 5.97. The molecule has 4 aromatic carbocycles. The van der Waals surface area contributed by atoms with Crippen molar-refractivity contribution in [1.82, 2.24) is 0 Å². The monoisotopic (exact) mass is 398 g/mol. The summed E-state index contributed by atoms with van der Waals surface area (Å²) in [7, 11) is 0. The Hall–Kier alpha value is -3.17. The molecule has 0 fully saturated rings. The largest absolute Gasteiger partial charge is 0.457 e. The van der Waals surface area contributed by atoms with Crippen molar-refractivity contribution in [3.05, 3.63) is 108 Å². The second-order valence-corrected chi connectivity index (χ2v) is 7.93. The van der Waals surface area contributed by atoms with E-state index in [-0.39, 0.29) is 0 Å². The fourth-order valence-electron chi connectivity index (χ4n) is 2.88. The van der Waals surface area contributed by atoms with Gasteiger partial charge in [0.1, 0.15) is 23.0 Å². The lowest BCUT2D eigenvalue weighted by Crippen LogP contribution is -1.87. The molecule has 0 aromatic heterocycles. The van der Waals surface area contributed by atoms with Gasteiger partial charge in [-0.1, -0.05) is 48.2 Å². The van der Waals surface area contributed by atoms with Crippen molar-refractivity contribution in [3.63, 3.8) is 0 Å². The number of hydrogen-bond acceptors (Lipinski definition) is 3. The molecule has 0 amide bonds. The number of benzene rings is 4. The molecular weight excluding hydrogens is 376 g/mol. The fourth-order valence-corrected chi connectivity index (χ4v) is 3.70. The normalized spacial score (nSPS) is 10.6. The van der Waals surface area contributed by atoms with Crippen molar-refractivity contribution in [1.29, 1.82) is 0 Å². The molecule has 0 unspecified atom stereocenters. The Bertz CT molecular complexity index is 997. The molecule has 0 bridgehead atoms. The molecular formula is C26H22O2S. The Labute approximate surface area is 176 Å². The summed E-state index contributed by atoms with van der Waals surface area (Å²) in [6, 6.07) is 32.4. The molecule has 0 aliphatic carbocycles. The van der Waals surface area contributed by atoms with Crippen LogP contribution in [-0.4, -0.2) is 0 Å². The molecule has 4 aromatic rings. The van der Waals surface area contributed by atoms with Crippen LogP contribution in [0.5, 0.6) is 23.0 Å². The van der Waals surface area contributed by atoms with E-state index in [9.17, 15) is 0 Å². The van der Waals surface area contributed by atoms with E-state index < -0.39 is 0 Å². The van der Waals surface area contributed by atoms with Crippen molar-refractivity contribution >= 4 is 11.8 Å². The summed E-state index contributed by atoms with van der Waals surface area (Å²) in [6.45, 7) is 4.10. The predicted octanol–water partition coefficient (Wildman–Crippen LogP) is 8.04. The highest BCUT2D eigenvalue weighted by Gasteiger charge is 2.04. The van der Waals surface area contributed by atoms with Gasteiger partial charge in [-0.3, -0.25) is 0 Å². The molecule has 0 radical (unpaired) electrons. The Balaban J connectivity index is 1.39. The highest BCUT2D eigenvalue weighted by Crippen LogP contribution is 2.33. The van der Waals surface area contributed by atoms with Gasteiger partial charge in [0.05, 0.1) is 0 Å². The molecule has 0 N–H and O–H groups in total. The van der Waals surface area contributed by atoms with Gasteiger partial charge in [-0.25, -0.2) is 0 Å². The van der Waals surface area contributed by atoms with E-state index in [1.54, 1.807) is 11.8 Å². The minimum absolute atomic E-state index is 0.839. The second-order valence-electron chi connectivity index (χ2n) is 6.78. The molecule has 29 heavy (non-hydrogen) atoms. The lowest BCUT2D eigenvalue weighted by Gasteiger charge is -2.10. The van der Waals surface area contributed by atoms with Crippen LogP contribution >= 0.6 is 11.8 Å². The molecule has 0 heterocycles. The van der Waals surface area contributed by atoms with Gasteiger partial charge in [-0.15, -0.1) is 0 Å². The summed E-state index contributed by atoms with van der Waals surface area (Å²) >= 11 is 1.71. The Kier molecular flexibility index (Phi) is 5.87. The first kappa shape index (κ1) is 19.2. The van der Waals surface area contributed by atoms with Gasteiger partial charge in [-0.05, 0) is 85.6 Å². The molecule has 3 heteroatoms. The summed E-state index contributed by atoms with van der Waals surface area (Å²) in [5, 5.41) is 0. The molecule has 4 rings (SSSR count). The number of para-hydroxylation sites is 2. The molecule has 2 nitrogen and oxygen atoms in total. The van der Waals surface area contributed by atoms with Crippen molar-refractivity contribution in [3.8, 4) is 23.0 Å². The smallest absolute Gasteiger partial charge is 0.130 e. The van der Waals surface area contributed by atoms with E-state index in [2.05, 4.69) is 24.3 Å². The van der Waals surface area contributed by atoms with Crippen LogP contribution in [0, 0.1) is 13.8 Å². The van der Waals surface area contributed by atoms with Crippen LogP contribution in [0.2, 0.25) is 0 Å². The van der Waals surface area contributed by atoms with Gasteiger partial charge in [0.25, 0.3) is 0 Å². The third-order valence-electron chi connectivity index (χ3n) is 4.53. The lowest BCUT2D eigenvalue weighted by atomic mass is 10.2. The molecule has 0 spiro atoms. The first-order valence-electron chi connectivity index (χ1n) is 9.52. The van der Waals surface area contributed by atoms with Gasteiger partial charge in [0, 0.05) is 9.79 Å². The van der Waals surface area contributed by atoms with Crippen molar-refractivity contribution in [2.24, 2.45) is 0 Å². The van der Waals surface area contributed by atoms with Crippen molar-refractivity contribution in [2.75, 3.05) is 0 Å². The van der Waals surface area contributed by atoms with Gasteiger partial charge in [0.2, 0.25) is 0 Å². The van der Waals surface area contributed by atoms with E-state index in [1.165, 1.54) is 0 Å². The second kappa shape index (κ2) is 8.89. The molecule has 0 atom stereocenters. The third kappa shape index (κ3) is 5.01. The molecule has 0 saturated carbocycles. The maximum Gasteiger partial charge on any atom is 0.130 e. The SMILES string of the molecule is Cc1ccccc1Oc1ccc(Sc2ccc(Oc3ccccc3C)cc2)cc1. The van der Waals surface area contributed by atoms with E-state index in [0.717, 1.165) is 43.9 Å². The van der Waals surface area contributed by atoms with Crippen molar-refractivity contribution in [2.45, 2.75) is 23.6 Å². The number of rotatable bonds is 6. The van der Waals surface area contributed by atoms with Gasteiger partial charge >= 0.3 is 0 Å². The Morgan fingerprint density at radius 2 is 0.862 bits per heavy atom. The zero-order chi connectivity index (χ0) is 20.1. The lowest BCUT2D eigenvalue weighted by molar-refractivity contribution is 0.478. The van der Waals surface area contributed by atoms with Crippen LogP contribution in [0.3, 0.4) is 0 Å². The van der Waals surface area contributed by atoms with E-state index >= 15 is 0 Å². The summed E-state index contributed by atoms with van der Waals surface area (Å²) in [4.78, 5) is 2.32.